The van der Waals surface area contributed by atoms with Crippen LogP contribution in [0, 0.1) is 6.92 Å². The Morgan fingerprint density at radius 1 is 1.50 bits per heavy atom. The molecular weight excluding hydrogens is 252 g/mol. The molecule has 4 nitrogen and oxygen atoms in total. The highest BCUT2D eigenvalue weighted by molar-refractivity contribution is 5.96. The fourth-order valence-corrected chi connectivity index (χ4v) is 1.99. The van der Waals surface area contributed by atoms with E-state index < -0.39 is 0 Å². The van der Waals surface area contributed by atoms with Gasteiger partial charge >= 0.3 is 0 Å². The van der Waals surface area contributed by atoms with Gasteiger partial charge in [0.05, 0.1) is 12.1 Å². The van der Waals surface area contributed by atoms with Gasteiger partial charge in [-0.3, -0.25) is 4.79 Å². The number of benzene rings is 1. The van der Waals surface area contributed by atoms with Crippen molar-refractivity contribution in [3.05, 3.63) is 29.3 Å². The lowest BCUT2D eigenvalue weighted by molar-refractivity contribution is 0.0889. The molecule has 2 rings (SSSR count). The Morgan fingerprint density at radius 2 is 2.22 bits per heavy atom. The molecule has 1 aromatic carbocycles. The first-order valence-corrected chi connectivity index (χ1v) is 5.77. The fourth-order valence-electron chi connectivity index (χ4n) is 1.99. The number of rotatable bonds is 2. The lowest BCUT2D eigenvalue weighted by Crippen LogP contribution is -2.46. The average molecular weight is 271 g/mol. The molecular formula is C13H19ClN2O2. The van der Waals surface area contributed by atoms with Crippen LogP contribution in [0.3, 0.4) is 0 Å². The minimum atomic E-state index is -0.256. The van der Waals surface area contributed by atoms with Crippen molar-refractivity contribution in [3.8, 4) is 0 Å². The van der Waals surface area contributed by atoms with Gasteiger partial charge in [0.15, 0.2) is 0 Å². The number of hydrogen-bond donors (Lipinski definition) is 2. The first kappa shape index (κ1) is 14.8. The van der Waals surface area contributed by atoms with Gasteiger partial charge in [-0.05, 0) is 38.0 Å². The predicted octanol–water partition coefficient (Wildman–Crippen LogP) is 1.91. The number of aryl methyl sites for hydroxylation is 1. The number of nitrogens with two attached hydrogens (primary N) is 1. The number of carbonyl (C=O) groups excluding carboxylic acids is 1. The van der Waals surface area contributed by atoms with Crippen LogP contribution in [0.4, 0.5) is 5.69 Å². The molecule has 1 aliphatic heterocycles. The Kier molecular flexibility index (Phi) is 4.59. The van der Waals surface area contributed by atoms with Gasteiger partial charge < -0.3 is 15.8 Å². The van der Waals surface area contributed by atoms with E-state index >= 15 is 0 Å². The predicted molar refractivity (Wildman–Crippen MR) is 74.1 cm³/mol. The summed E-state index contributed by atoms with van der Waals surface area (Å²) < 4.78 is 5.31. The Labute approximate surface area is 113 Å². The van der Waals surface area contributed by atoms with Crippen LogP contribution in [0.1, 0.15) is 29.3 Å². The highest BCUT2D eigenvalue weighted by Crippen LogP contribution is 2.19. The van der Waals surface area contributed by atoms with Gasteiger partial charge in [0, 0.05) is 17.9 Å². The second-order valence-corrected chi connectivity index (χ2v) is 4.89. The van der Waals surface area contributed by atoms with Gasteiger partial charge in [-0.15, -0.1) is 12.4 Å². The number of nitrogen functional groups attached to an aromatic ring is 1. The van der Waals surface area contributed by atoms with Gasteiger partial charge in [0.25, 0.3) is 5.91 Å². The Balaban J connectivity index is 0.00000162. The standard InChI is InChI=1S/C13H18N2O2.ClH/c1-9-3-4-10(14)7-11(9)12(16)15-13(2)5-6-17-8-13;/h3-4,7H,5-6,8,14H2,1-2H3,(H,15,16);1H. The minimum absolute atomic E-state index is 0. The molecule has 0 saturated carbocycles. The van der Waals surface area contributed by atoms with Crippen LogP contribution < -0.4 is 11.1 Å². The van der Waals surface area contributed by atoms with Crippen LogP contribution in [-0.4, -0.2) is 24.7 Å². The normalized spacial score (nSPS) is 22.3. The number of nitrogens with one attached hydrogen (secondary N) is 1. The molecule has 1 saturated heterocycles. The van der Waals surface area contributed by atoms with E-state index in [1.165, 1.54) is 0 Å². The largest absolute Gasteiger partial charge is 0.399 e. The lowest BCUT2D eigenvalue weighted by atomic mass is 10.00. The lowest BCUT2D eigenvalue weighted by Gasteiger charge is -2.24. The summed E-state index contributed by atoms with van der Waals surface area (Å²) in [5.41, 5.74) is 7.62. The number of hydrogen-bond acceptors (Lipinski definition) is 3. The van der Waals surface area contributed by atoms with Crippen LogP contribution in [0.5, 0.6) is 0 Å². The van der Waals surface area contributed by atoms with Crippen LogP contribution >= 0.6 is 12.4 Å². The molecule has 1 aromatic rings. The SMILES string of the molecule is Cc1ccc(N)cc1C(=O)NC1(C)CCOC1.Cl. The van der Waals surface area contributed by atoms with E-state index in [-0.39, 0.29) is 23.9 Å². The second kappa shape index (κ2) is 5.59. The van der Waals surface area contributed by atoms with E-state index in [4.69, 9.17) is 10.5 Å². The first-order chi connectivity index (χ1) is 8.00. The zero-order valence-corrected chi connectivity index (χ0v) is 11.5. The third-order valence-corrected chi connectivity index (χ3v) is 3.14. The molecule has 1 heterocycles. The van der Waals surface area contributed by atoms with Crippen molar-refractivity contribution in [2.45, 2.75) is 25.8 Å². The third kappa shape index (κ3) is 3.15. The first-order valence-electron chi connectivity index (χ1n) is 5.77. The van der Waals surface area contributed by atoms with Crippen molar-refractivity contribution < 1.29 is 9.53 Å². The molecule has 18 heavy (non-hydrogen) atoms. The van der Waals surface area contributed by atoms with Crippen molar-refractivity contribution in [3.63, 3.8) is 0 Å². The van der Waals surface area contributed by atoms with Gasteiger partial charge in [-0.2, -0.15) is 0 Å². The highest BCUT2D eigenvalue weighted by atomic mass is 35.5. The van der Waals surface area contributed by atoms with E-state index in [0.29, 0.717) is 24.5 Å². The molecule has 0 bridgehead atoms. The zero-order chi connectivity index (χ0) is 12.5. The topological polar surface area (TPSA) is 64.4 Å². The van der Waals surface area contributed by atoms with Crippen molar-refractivity contribution in [1.82, 2.24) is 5.32 Å². The smallest absolute Gasteiger partial charge is 0.252 e. The zero-order valence-electron chi connectivity index (χ0n) is 10.7. The highest BCUT2D eigenvalue weighted by Gasteiger charge is 2.31. The van der Waals surface area contributed by atoms with Crippen LogP contribution in [0.25, 0.3) is 0 Å². The average Bonchev–Trinajstić information content (AvgIpc) is 2.68. The molecule has 0 aromatic heterocycles. The maximum absolute atomic E-state index is 12.2. The molecule has 100 valence electrons. The summed E-state index contributed by atoms with van der Waals surface area (Å²) in [6.07, 6.45) is 0.847. The minimum Gasteiger partial charge on any atom is -0.399 e. The number of amides is 1. The van der Waals surface area contributed by atoms with Crippen molar-refractivity contribution in [2.75, 3.05) is 18.9 Å². The second-order valence-electron chi connectivity index (χ2n) is 4.89. The van der Waals surface area contributed by atoms with E-state index in [1.807, 2.05) is 19.9 Å². The Morgan fingerprint density at radius 3 is 2.83 bits per heavy atom. The van der Waals surface area contributed by atoms with Crippen LogP contribution in [0.15, 0.2) is 18.2 Å². The van der Waals surface area contributed by atoms with E-state index in [2.05, 4.69) is 5.32 Å². The van der Waals surface area contributed by atoms with Crippen molar-refractivity contribution in [1.29, 1.82) is 0 Å². The van der Waals surface area contributed by atoms with Crippen molar-refractivity contribution in [2.24, 2.45) is 0 Å². The summed E-state index contributed by atoms with van der Waals surface area (Å²) in [5.74, 6) is -0.0807. The Bertz CT molecular complexity index is 443. The molecule has 1 amide bonds. The molecule has 0 radical (unpaired) electrons. The number of carbonyl (C=O) groups is 1. The van der Waals surface area contributed by atoms with Gasteiger partial charge in [0.1, 0.15) is 0 Å². The fraction of sp³-hybridized carbons (Fsp3) is 0.462. The van der Waals surface area contributed by atoms with Gasteiger partial charge in [0.2, 0.25) is 0 Å². The summed E-state index contributed by atoms with van der Waals surface area (Å²) in [6.45, 7) is 5.17. The molecule has 1 unspecified atom stereocenters. The van der Waals surface area contributed by atoms with E-state index in [1.54, 1.807) is 12.1 Å². The maximum atomic E-state index is 12.2. The molecule has 1 aliphatic rings. The number of anilines is 1. The summed E-state index contributed by atoms with van der Waals surface area (Å²) in [7, 11) is 0. The third-order valence-electron chi connectivity index (χ3n) is 3.14. The molecule has 0 spiro atoms. The molecule has 3 N–H and O–H groups in total. The molecule has 5 heteroatoms. The summed E-state index contributed by atoms with van der Waals surface area (Å²) >= 11 is 0. The van der Waals surface area contributed by atoms with E-state index in [9.17, 15) is 4.79 Å². The maximum Gasteiger partial charge on any atom is 0.252 e. The van der Waals surface area contributed by atoms with Crippen LogP contribution in [0.2, 0.25) is 0 Å². The van der Waals surface area contributed by atoms with Gasteiger partial charge in [-0.25, -0.2) is 0 Å². The molecule has 1 fully saturated rings. The quantitative estimate of drug-likeness (QED) is 0.807. The summed E-state index contributed by atoms with van der Waals surface area (Å²) in [6, 6.07) is 5.37. The molecule has 1 atom stereocenters. The van der Waals surface area contributed by atoms with Crippen molar-refractivity contribution >= 4 is 24.0 Å². The summed E-state index contributed by atoms with van der Waals surface area (Å²) in [5, 5.41) is 3.02. The monoisotopic (exact) mass is 270 g/mol. The molecule has 0 aliphatic carbocycles. The summed E-state index contributed by atoms with van der Waals surface area (Å²) in [4.78, 5) is 12.2. The Hall–Kier alpha value is -1.26. The number of ether oxygens (including phenoxy) is 1. The van der Waals surface area contributed by atoms with Crippen LogP contribution in [-0.2, 0) is 4.74 Å². The van der Waals surface area contributed by atoms with E-state index in [0.717, 1.165) is 12.0 Å². The van der Waals surface area contributed by atoms with Gasteiger partial charge in [-0.1, -0.05) is 6.07 Å². The number of halogens is 1.